The third kappa shape index (κ3) is 2.81. The third-order valence-electron chi connectivity index (χ3n) is 1.73. The van der Waals surface area contributed by atoms with Crippen LogP contribution in [0.2, 0.25) is 0 Å². The topological polar surface area (TPSA) is 22.1 Å². The van der Waals surface area contributed by atoms with Crippen molar-refractivity contribution in [1.29, 1.82) is 0 Å². The monoisotopic (exact) mass is 185 g/mol. The molecule has 0 radical (unpaired) electrons. The highest BCUT2D eigenvalue weighted by Crippen LogP contribution is 2.21. The molecule has 0 aliphatic heterocycles. The first-order chi connectivity index (χ1) is 5.86. The molecule has 0 spiro atoms. The SMILES string of the molecule is CCCCCc1ncc(OC)s1. The van der Waals surface area contributed by atoms with Gasteiger partial charge in [-0.3, -0.25) is 0 Å². The number of thiazole rings is 1. The minimum Gasteiger partial charge on any atom is -0.486 e. The first-order valence-corrected chi connectivity index (χ1v) is 5.17. The Hall–Kier alpha value is -0.570. The number of methoxy groups -OCH3 is 1. The van der Waals surface area contributed by atoms with E-state index in [9.17, 15) is 0 Å². The van der Waals surface area contributed by atoms with Crippen LogP contribution >= 0.6 is 11.3 Å². The van der Waals surface area contributed by atoms with Crippen LogP contribution < -0.4 is 4.74 Å². The van der Waals surface area contributed by atoms with Crippen LogP contribution in [0.15, 0.2) is 6.20 Å². The van der Waals surface area contributed by atoms with E-state index in [-0.39, 0.29) is 0 Å². The molecule has 0 aromatic carbocycles. The van der Waals surface area contributed by atoms with E-state index in [1.54, 1.807) is 24.6 Å². The molecule has 0 atom stereocenters. The predicted octanol–water partition coefficient (Wildman–Crippen LogP) is 2.88. The number of nitrogens with zero attached hydrogens (tertiary/aromatic N) is 1. The minimum atomic E-state index is 0.918. The lowest BCUT2D eigenvalue weighted by atomic mass is 10.2. The molecule has 0 fully saturated rings. The molecule has 0 saturated carbocycles. The molecule has 1 aromatic rings. The van der Waals surface area contributed by atoms with Gasteiger partial charge in [0.1, 0.15) is 0 Å². The second kappa shape index (κ2) is 5.14. The average Bonchev–Trinajstić information content (AvgIpc) is 2.53. The Morgan fingerprint density at radius 1 is 1.50 bits per heavy atom. The predicted molar refractivity (Wildman–Crippen MR) is 51.9 cm³/mol. The van der Waals surface area contributed by atoms with Gasteiger partial charge in [0, 0.05) is 0 Å². The Labute approximate surface area is 77.6 Å². The van der Waals surface area contributed by atoms with Crippen LogP contribution in [0.25, 0.3) is 0 Å². The van der Waals surface area contributed by atoms with Crippen LogP contribution in [0.3, 0.4) is 0 Å². The van der Waals surface area contributed by atoms with E-state index < -0.39 is 0 Å². The number of aryl methyl sites for hydroxylation is 1. The number of hydrogen-bond acceptors (Lipinski definition) is 3. The molecule has 1 aromatic heterocycles. The molecule has 0 bridgehead atoms. The van der Waals surface area contributed by atoms with Gasteiger partial charge in [-0.2, -0.15) is 0 Å². The maximum atomic E-state index is 5.06. The van der Waals surface area contributed by atoms with Crippen molar-refractivity contribution in [3.05, 3.63) is 11.2 Å². The molecular formula is C9H15NOS. The molecule has 0 aliphatic carbocycles. The molecule has 0 aliphatic rings. The molecule has 68 valence electrons. The summed E-state index contributed by atoms with van der Waals surface area (Å²) in [5.74, 6) is 0. The maximum absolute atomic E-state index is 5.06. The van der Waals surface area contributed by atoms with Crippen molar-refractivity contribution in [3.63, 3.8) is 0 Å². The highest BCUT2D eigenvalue weighted by atomic mass is 32.1. The molecule has 0 unspecified atom stereocenters. The van der Waals surface area contributed by atoms with Crippen molar-refractivity contribution in [1.82, 2.24) is 4.98 Å². The van der Waals surface area contributed by atoms with Crippen molar-refractivity contribution in [2.24, 2.45) is 0 Å². The van der Waals surface area contributed by atoms with Gasteiger partial charge in [0.2, 0.25) is 0 Å². The fourth-order valence-electron chi connectivity index (χ4n) is 1.03. The van der Waals surface area contributed by atoms with E-state index in [0.29, 0.717) is 0 Å². The van der Waals surface area contributed by atoms with E-state index in [0.717, 1.165) is 11.5 Å². The van der Waals surface area contributed by atoms with Crippen molar-refractivity contribution in [3.8, 4) is 5.06 Å². The van der Waals surface area contributed by atoms with Gasteiger partial charge in [0.15, 0.2) is 5.06 Å². The molecule has 2 nitrogen and oxygen atoms in total. The molecular weight excluding hydrogens is 170 g/mol. The molecule has 1 rings (SSSR count). The van der Waals surface area contributed by atoms with Gasteiger partial charge in [0.05, 0.1) is 18.3 Å². The summed E-state index contributed by atoms with van der Waals surface area (Å²) in [4.78, 5) is 4.25. The Bertz CT molecular complexity index is 222. The van der Waals surface area contributed by atoms with Gasteiger partial charge in [-0.1, -0.05) is 31.1 Å². The standard InChI is InChI=1S/C9H15NOS/c1-3-4-5-6-8-10-7-9(11-2)12-8/h7H,3-6H2,1-2H3. The smallest absolute Gasteiger partial charge is 0.193 e. The van der Waals surface area contributed by atoms with E-state index in [4.69, 9.17) is 4.74 Å². The van der Waals surface area contributed by atoms with Gasteiger partial charge in [0.25, 0.3) is 0 Å². The fourth-order valence-corrected chi connectivity index (χ4v) is 1.80. The van der Waals surface area contributed by atoms with E-state index >= 15 is 0 Å². The maximum Gasteiger partial charge on any atom is 0.193 e. The quantitative estimate of drug-likeness (QED) is 0.658. The molecule has 3 heteroatoms. The van der Waals surface area contributed by atoms with E-state index in [1.165, 1.54) is 24.3 Å². The summed E-state index contributed by atoms with van der Waals surface area (Å²) in [6.45, 7) is 2.21. The largest absolute Gasteiger partial charge is 0.486 e. The summed E-state index contributed by atoms with van der Waals surface area (Å²) in [5.41, 5.74) is 0. The Morgan fingerprint density at radius 2 is 2.33 bits per heavy atom. The molecule has 12 heavy (non-hydrogen) atoms. The summed E-state index contributed by atoms with van der Waals surface area (Å²) in [7, 11) is 1.68. The first kappa shape index (κ1) is 9.52. The van der Waals surface area contributed by atoms with Crippen molar-refractivity contribution < 1.29 is 4.74 Å². The highest BCUT2D eigenvalue weighted by Gasteiger charge is 2.00. The number of hydrogen-bond donors (Lipinski definition) is 0. The third-order valence-corrected chi connectivity index (χ3v) is 2.75. The summed E-state index contributed by atoms with van der Waals surface area (Å²) in [6.07, 6.45) is 6.70. The zero-order valence-electron chi connectivity index (χ0n) is 7.67. The summed E-state index contributed by atoms with van der Waals surface area (Å²) in [5, 5.41) is 2.11. The first-order valence-electron chi connectivity index (χ1n) is 4.35. The lowest BCUT2D eigenvalue weighted by Gasteiger charge is -1.93. The summed E-state index contributed by atoms with van der Waals surface area (Å²) >= 11 is 1.65. The second-order valence-corrected chi connectivity index (χ2v) is 3.81. The number of unbranched alkanes of at least 4 members (excludes halogenated alkanes) is 2. The van der Waals surface area contributed by atoms with Gasteiger partial charge < -0.3 is 4.74 Å². The Kier molecular flexibility index (Phi) is 4.08. The average molecular weight is 185 g/mol. The summed E-state index contributed by atoms with van der Waals surface area (Å²) in [6, 6.07) is 0. The zero-order chi connectivity index (χ0) is 8.81. The van der Waals surface area contributed by atoms with Gasteiger partial charge in [-0.15, -0.1) is 0 Å². The molecule has 0 saturated heterocycles. The van der Waals surface area contributed by atoms with Crippen molar-refractivity contribution in [2.45, 2.75) is 32.6 Å². The lowest BCUT2D eigenvalue weighted by molar-refractivity contribution is 0.426. The van der Waals surface area contributed by atoms with Crippen LogP contribution in [0.5, 0.6) is 5.06 Å². The summed E-state index contributed by atoms with van der Waals surface area (Å²) < 4.78 is 5.06. The second-order valence-electron chi connectivity index (χ2n) is 2.73. The van der Waals surface area contributed by atoms with Crippen LogP contribution in [0.1, 0.15) is 31.2 Å². The Balaban J connectivity index is 2.31. The fraction of sp³-hybridized carbons (Fsp3) is 0.667. The molecule has 0 N–H and O–H groups in total. The normalized spacial score (nSPS) is 10.2. The van der Waals surface area contributed by atoms with Crippen LogP contribution in [-0.4, -0.2) is 12.1 Å². The number of ether oxygens (including phenoxy) is 1. The van der Waals surface area contributed by atoms with Crippen LogP contribution in [-0.2, 0) is 6.42 Å². The van der Waals surface area contributed by atoms with Crippen LogP contribution in [0, 0.1) is 0 Å². The van der Waals surface area contributed by atoms with Crippen molar-refractivity contribution >= 4 is 11.3 Å². The lowest BCUT2D eigenvalue weighted by Crippen LogP contribution is -1.81. The zero-order valence-corrected chi connectivity index (χ0v) is 8.49. The van der Waals surface area contributed by atoms with E-state index in [1.807, 2.05) is 0 Å². The van der Waals surface area contributed by atoms with Gasteiger partial charge in [-0.25, -0.2) is 4.98 Å². The van der Waals surface area contributed by atoms with Gasteiger partial charge >= 0.3 is 0 Å². The van der Waals surface area contributed by atoms with Crippen molar-refractivity contribution in [2.75, 3.05) is 7.11 Å². The number of rotatable bonds is 5. The molecule has 1 heterocycles. The van der Waals surface area contributed by atoms with Crippen LogP contribution in [0.4, 0.5) is 0 Å². The Morgan fingerprint density at radius 3 is 2.92 bits per heavy atom. The number of aromatic nitrogens is 1. The molecule has 0 amide bonds. The minimum absolute atomic E-state index is 0.918. The van der Waals surface area contributed by atoms with Gasteiger partial charge in [-0.05, 0) is 12.8 Å². The van der Waals surface area contributed by atoms with E-state index in [2.05, 4.69) is 11.9 Å². The highest BCUT2D eigenvalue weighted by molar-refractivity contribution is 7.13.